The minimum atomic E-state index is -4.69. The smallest absolute Gasteiger partial charge is 0.406 e. The van der Waals surface area contributed by atoms with Gasteiger partial charge in [0.1, 0.15) is 5.75 Å². The first-order chi connectivity index (χ1) is 18.5. The van der Waals surface area contributed by atoms with Crippen LogP contribution in [0.1, 0.15) is 59.4 Å². The number of piperazine rings is 1. The van der Waals surface area contributed by atoms with Gasteiger partial charge in [0.25, 0.3) is 0 Å². The Balaban J connectivity index is 0.00000441. The maximum atomic E-state index is 12.8. The van der Waals surface area contributed by atoms with Crippen molar-refractivity contribution in [2.75, 3.05) is 56.0 Å². The fraction of sp³-hybridized carbons (Fsp3) is 0.581. The lowest BCUT2D eigenvalue weighted by Gasteiger charge is -2.36. The van der Waals surface area contributed by atoms with E-state index in [9.17, 15) is 18.0 Å². The number of benzene rings is 2. The van der Waals surface area contributed by atoms with Gasteiger partial charge in [0.2, 0.25) is 5.91 Å². The Morgan fingerprint density at radius 3 is 2.05 bits per heavy atom. The third kappa shape index (κ3) is 9.32. The summed E-state index contributed by atoms with van der Waals surface area (Å²) in [6.45, 7) is 13.0. The number of alkyl halides is 3. The van der Waals surface area contributed by atoms with Crippen LogP contribution >= 0.6 is 0 Å². The van der Waals surface area contributed by atoms with Gasteiger partial charge in [0.15, 0.2) is 0 Å². The molecule has 0 aromatic heterocycles. The number of hydrogen-bond acceptors (Lipinski definition) is 5. The van der Waals surface area contributed by atoms with Crippen LogP contribution in [0, 0.1) is 0 Å². The molecule has 2 aliphatic rings. The van der Waals surface area contributed by atoms with Gasteiger partial charge in [0, 0.05) is 63.1 Å². The van der Waals surface area contributed by atoms with E-state index in [-0.39, 0.29) is 30.5 Å². The summed E-state index contributed by atoms with van der Waals surface area (Å²) in [5, 5.41) is 3.36. The predicted octanol–water partition coefficient (Wildman–Crippen LogP) is 6.52. The summed E-state index contributed by atoms with van der Waals surface area (Å²) in [6.07, 6.45) is -1.64. The number of nitrogens with zero attached hydrogens (tertiary/aromatic N) is 3. The molecule has 2 fully saturated rings. The average molecular weight is 563 g/mol. The first-order valence-electron chi connectivity index (χ1n) is 13.9. The largest absolute Gasteiger partial charge is 0.573 e. The second kappa shape index (κ2) is 13.6. The van der Waals surface area contributed by atoms with E-state index in [1.807, 2.05) is 4.90 Å². The number of likely N-dealkylation sites (tertiary alicyclic amines) is 1. The quantitative estimate of drug-likeness (QED) is 0.397. The molecule has 2 aromatic rings. The lowest BCUT2D eigenvalue weighted by molar-refractivity contribution is -0.274. The number of ether oxygens (including phenoxy) is 1. The molecule has 2 aromatic carbocycles. The van der Waals surface area contributed by atoms with Crippen LogP contribution in [0.2, 0.25) is 0 Å². The number of carbonyl (C=O) groups excluding carboxylic acids is 1. The van der Waals surface area contributed by atoms with Crippen molar-refractivity contribution < 1.29 is 22.7 Å². The predicted molar refractivity (Wildman–Crippen MR) is 156 cm³/mol. The van der Waals surface area contributed by atoms with E-state index in [1.165, 1.54) is 23.4 Å². The minimum absolute atomic E-state index is 0. The van der Waals surface area contributed by atoms with Crippen molar-refractivity contribution in [1.29, 1.82) is 0 Å². The molecule has 0 unspecified atom stereocenters. The Kier molecular flexibility index (Phi) is 10.8. The Morgan fingerprint density at radius 1 is 0.900 bits per heavy atom. The van der Waals surface area contributed by atoms with Crippen LogP contribution in [0.15, 0.2) is 48.5 Å². The molecule has 1 amide bonds. The van der Waals surface area contributed by atoms with E-state index in [0.29, 0.717) is 19.5 Å². The summed E-state index contributed by atoms with van der Waals surface area (Å²) in [6, 6.07) is 14.9. The van der Waals surface area contributed by atoms with Crippen molar-refractivity contribution in [2.45, 2.75) is 71.7 Å². The first kappa shape index (κ1) is 31.6. The van der Waals surface area contributed by atoms with Gasteiger partial charge < -0.3 is 19.9 Å². The maximum absolute atomic E-state index is 12.8. The van der Waals surface area contributed by atoms with Gasteiger partial charge in [-0.2, -0.15) is 0 Å². The maximum Gasteiger partial charge on any atom is 0.573 e. The summed E-state index contributed by atoms with van der Waals surface area (Å²) >= 11 is 0. The Labute approximate surface area is 237 Å². The minimum Gasteiger partial charge on any atom is -0.406 e. The number of rotatable bonds is 8. The number of hydrogen-bond donors (Lipinski definition) is 1. The lowest BCUT2D eigenvalue weighted by Crippen LogP contribution is -2.47. The van der Waals surface area contributed by atoms with Crippen LogP contribution in [0.4, 0.5) is 24.5 Å². The molecule has 0 bridgehead atoms. The molecule has 40 heavy (non-hydrogen) atoms. The highest BCUT2D eigenvalue weighted by molar-refractivity contribution is 5.76. The van der Waals surface area contributed by atoms with Crippen LogP contribution in [0.3, 0.4) is 0 Å². The van der Waals surface area contributed by atoms with Crippen molar-refractivity contribution in [1.82, 2.24) is 9.80 Å². The number of carbonyl (C=O) groups is 1. The Bertz CT molecular complexity index is 1050. The summed E-state index contributed by atoms with van der Waals surface area (Å²) in [4.78, 5) is 19.6. The normalized spacial score (nSPS) is 17.4. The Morgan fingerprint density at radius 2 is 1.50 bits per heavy atom. The van der Waals surface area contributed by atoms with Crippen molar-refractivity contribution in [3.63, 3.8) is 0 Å². The zero-order valence-corrected chi connectivity index (χ0v) is 23.3. The summed E-state index contributed by atoms with van der Waals surface area (Å²) in [5.41, 5.74) is 3.54. The van der Waals surface area contributed by atoms with Crippen LogP contribution in [0.25, 0.3) is 0 Å². The fourth-order valence-corrected chi connectivity index (χ4v) is 5.28. The van der Waals surface area contributed by atoms with Gasteiger partial charge in [-0.25, -0.2) is 0 Å². The molecule has 0 radical (unpaired) electrons. The van der Waals surface area contributed by atoms with Crippen molar-refractivity contribution in [3.8, 4) is 5.75 Å². The average Bonchev–Trinajstić information content (AvgIpc) is 2.89. The molecular weight excluding hydrogens is 517 g/mol. The molecular formula is C31H45F3N4O2. The van der Waals surface area contributed by atoms with Gasteiger partial charge in [-0.3, -0.25) is 9.69 Å². The van der Waals surface area contributed by atoms with Gasteiger partial charge in [-0.1, -0.05) is 40.3 Å². The summed E-state index contributed by atoms with van der Waals surface area (Å²) in [7, 11) is 0. The van der Waals surface area contributed by atoms with E-state index in [2.05, 4.69) is 64.9 Å². The van der Waals surface area contributed by atoms with Crippen LogP contribution in [-0.2, 0) is 10.2 Å². The van der Waals surface area contributed by atoms with E-state index >= 15 is 0 Å². The second-order valence-corrected chi connectivity index (χ2v) is 11.6. The third-order valence-electron chi connectivity index (χ3n) is 7.64. The third-order valence-corrected chi connectivity index (χ3v) is 7.64. The number of nitrogens with one attached hydrogen (secondary N) is 1. The van der Waals surface area contributed by atoms with Crippen LogP contribution in [-0.4, -0.2) is 73.9 Å². The van der Waals surface area contributed by atoms with Gasteiger partial charge in [-0.15, -0.1) is 13.2 Å². The molecule has 0 spiro atoms. The molecule has 222 valence electrons. The van der Waals surface area contributed by atoms with Crippen LogP contribution < -0.4 is 15.0 Å². The van der Waals surface area contributed by atoms with E-state index < -0.39 is 6.36 Å². The molecule has 0 aliphatic carbocycles. The molecule has 1 N–H and O–H groups in total. The molecule has 0 saturated carbocycles. The van der Waals surface area contributed by atoms with E-state index in [1.54, 1.807) is 12.1 Å². The highest BCUT2D eigenvalue weighted by Crippen LogP contribution is 2.27. The fourth-order valence-electron chi connectivity index (χ4n) is 5.28. The molecule has 2 aliphatic heterocycles. The lowest BCUT2D eigenvalue weighted by atomic mass is 9.87. The van der Waals surface area contributed by atoms with Gasteiger partial charge in [0.05, 0.1) is 0 Å². The highest BCUT2D eigenvalue weighted by atomic mass is 19.4. The SMILES string of the molecule is C.CC(C)(C)c1ccc(N2CCN(CCCC(=O)N3CCC(Nc4ccc(OC(F)(F)F)cc4)CC3)CC2)cc1. The zero-order chi connectivity index (χ0) is 28.0. The van der Waals surface area contributed by atoms with Crippen LogP contribution in [0.5, 0.6) is 5.75 Å². The molecule has 9 heteroatoms. The number of amides is 1. The second-order valence-electron chi connectivity index (χ2n) is 11.6. The van der Waals surface area contributed by atoms with Crippen molar-refractivity contribution >= 4 is 17.3 Å². The number of halogens is 3. The molecule has 4 rings (SSSR count). The summed E-state index contributed by atoms with van der Waals surface area (Å²) in [5.74, 6) is -0.0269. The molecule has 2 heterocycles. The van der Waals surface area contributed by atoms with E-state index in [4.69, 9.17) is 0 Å². The van der Waals surface area contributed by atoms with Crippen molar-refractivity contribution in [3.05, 3.63) is 54.1 Å². The highest BCUT2D eigenvalue weighted by Gasteiger charge is 2.31. The molecule has 0 atom stereocenters. The van der Waals surface area contributed by atoms with Gasteiger partial charge >= 0.3 is 6.36 Å². The zero-order valence-electron chi connectivity index (χ0n) is 23.3. The first-order valence-corrected chi connectivity index (χ1v) is 13.9. The topological polar surface area (TPSA) is 48.0 Å². The monoisotopic (exact) mass is 562 g/mol. The van der Waals surface area contributed by atoms with Gasteiger partial charge in [-0.05, 0) is 73.2 Å². The molecule has 2 saturated heterocycles. The van der Waals surface area contributed by atoms with E-state index in [0.717, 1.165) is 57.7 Å². The number of piperidine rings is 1. The van der Waals surface area contributed by atoms with Crippen molar-refractivity contribution in [2.24, 2.45) is 0 Å². The standard InChI is InChI=1S/C30H41F3N4O2.CH4/c1-29(2,3)23-6-10-26(11-7-23)36-21-19-35(20-22-36)16-4-5-28(38)37-17-14-25(15-18-37)34-24-8-12-27(13-9-24)39-30(31,32)33;/h6-13,25,34H,4-5,14-22H2,1-3H3;1H4. The summed E-state index contributed by atoms with van der Waals surface area (Å²) < 4.78 is 40.9. The Hall–Kier alpha value is -2.94. The molecule has 6 nitrogen and oxygen atoms in total. The number of anilines is 2.